The largest absolute Gasteiger partial charge is 0.472 e. The van der Waals surface area contributed by atoms with Crippen molar-refractivity contribution in [3.63, 3.8) is 0 Å². The Labute approximate surface area is 84.7 Å². The fourth-order valence-corrected chi connectivity index (χ4v) is 0.987. The molecule has 0 saturated carbocycles. The van der Waals surface area contributed by atoms with Crippen molar-refractivity contribution in [2.24, 2.45) is 0 Å². The molecule has 4 heteroatoms. The van der Waals surface area contributed by atoms with Crippen molar-refractivity contribution in [3.05, 3.63) is 12.4 Å². The molecule has 1 heterocycles. The molecule has 0 fully saturated rings. The Morgan fingerprint density at radius 1 is 1.36 bits per heavy atom. The monoisotopic (exact) mass is 195 g/mol. The maximum absolute atomic E-state index is 5.60. The molecule has 1 N–H and O–H groups in total. The number of anilines is 1. The average molecular weight is 195 g/mol. The molecule has 0 aliphatic heterocycles. The third-order valence-corrected chi connectivity index (χ3v) is 1.41. The van der Waals surface area contributed by atoms with Crippen LogP contribution < -0.4 is 10.1 Å². The number of hydrogen-bond acceptors (Lipinski definition) is 4. The van der Waals surface area contributed by atoms with E-state index in [9.17, 15) is 0 Å². The van der Waals surface area contributed by atoms with E-state index in [1.165, 1.54) is 6.33 Å². The van der Waals surface area contributed by atoms with Crippen LogP contribution >= 0.6 is 0 Å². The smallest absolute Gasteiger partial charge is 0.218 e. The third kappa shape index (κ3) is 3.60. The Hall–Kier alpha value is -1.32. The molecule has 0 unspecified atom stereocenters. The quantitative estimate of drug-likeness (QED) is 0.802. The minimum Gasteiger partial charge on any atom is -0.472 e. The molecule has 1 aromatic rings. The van der Waals surface area contributed by atoms with Gasteiger partial charge in [0, 0.05) is 12.6 Å². The second kappa shape index (κ2) is 4.26. The Morgan fingerprint density at radius 3 is 2.64 bits per heavy atom. The van der Waals surface area contributed by atoms with Crippen molar-refractivity contribution in [2.45, 2.75) is 33.3 Å². The Morgan fingerprint density at radius 2 is 2.07 bits per heavy atom. The number of nitrogens with zero attached hydrogens (tertiary/aromatic N) is 2. The summed E-state index contributed by atoms with van der Waals surface area (Å²) in [6.45, 7) is 8.82. The van der Waals surface area contributed by atoms with Gasteiger partial charge in [0.1, 0.15) is 17.7 Å². The van der Waals surface area contributed by atoms with Gasteiger partial charge in [-0.3, -0.25) is 0 Å². The van der Waals surface area contributed by atoms with Crippen LogP contribution in [0.1, 0.15) is 27.7 Å². The molecule has 1 aromatic heterocycles. The first-order valence-corrected chi connectivity index (χ1v) is 4.76. The summed E-state index contributed by atoms with van der Waals surface area (Å²) < 4.78 is 5.60. The SMILES string of the molecule is CCNc1cc(OC(C)(C)C)ncn1. The molecule has 0 aliphatic rings. The molecule has 0 atom stereocenters. The highest BCUT2D eigenvalue weighted by atomic mass is 16.5. The van der Waals surface area contributed by atoms with E-state index in [1.54, 1.807) is 6.07 Å². The summed E-state index contributed by atoms with van der Waals surface area (Å²) in [6, 6.07) is 1.80. The molecule has 1 rings (SSSR count). The van der Waals surface area contributed by atoms with Crippen LogP contribution in [-0.4, -0.2) is 22.1 Å². The number of aromatic nitrogens is 2. The summed E-state index contributed by atoms with van der Waals surface area (Å²) in [5.41, 5.74) is -0.224. The highest BCUT2D eigenvalue weighted by Crippen LogP contribution is 2.16. The van der Waals surface area contributed by atoms with Crippen molar-refractivity contribution < 1.29 is 4.74 Å². The van der Waals surface area contributed by atoms with E-state index in [1.807, 2.05) is 27.7 Å². The van der Waals surface area contributed by atoms with E-state index in [0.717, 1.165) is 12.4 Å². The molecule has 4 nitrogen and oxygen atoms in total. The van der Waals surface area contributed by atoms with Gasteiger partial charge >= 0.3 is 0 Å². The van der Waals surface area contributed by atoms with E-state index >= 15 is 0 Å². The lowest BCUT2D eigenvalue weighted by Crippen LogP contribution is -2.23. The van der Waals surface area contributed by atoms with Gasteiger partial charge in [-0.1, -0.05) is 0 Å². The summed E-state index contributed by atoms with van der Waals surface area (Å²) in [5, 5.41) is 3.10. The van der Waals surface area contributed by atoms with Gasteiger partial charge in [-0.25, -0.2) is 9.97 Å². The predicted molar refractivity (Wildman–Crippen MR) is 56.6 cm³/mol. The molecule has 0 saturated heterocycles. The van der Waals surface area contributed by atoms with Crippen molar-refractivity contribution in [3.8, 4) is 5.88 Å². The van der Waals surface area contributed by atoms with Gasteiger partial charge in [-0.05, 0) is 27.7 Å². The molecule has 0 radical (unpaired) electrons. The van der Waals surface area contributed by atoms with E-state index in [2.05, 4.69) is 15.3 Å². The molecule has 78 valence electrons. The molecular formula is C10H17N3O. The zero-order valence-electron chi connectivity index (χ0n) is 9.16. The summed E-state index contributed by atoms with van der Waals surface area (Å²) >= 11 is 0. The Kier molecular flexibility index (Phi) is 3.28. The van der Waals surface area contributed by atoms with Crippen molar-refractivity contribution >= 4 is 5.82 Å². The molecule has 0 aromatic carbocycles. The van der Waals surface area contributed by atoms with Crippen LogP contribution in [0.15, 0.2) is 12.4 Å². The van der Waals surface area contributed by atoms with Crippen molar-refractivity contribution in [1.82, 2.24) is 9.97 Å². The number of hydrogen-bond donors (Lipinski definition) is 1. The van der Waals surface area contributed by atoms with Gasteiger partial charge in [-0.2, -0.15) is 0 Å². The van der Waals surface area contributed by atoms with Gasteiger partial charge in [0.25, 0.3) is 0 Å². The van der Waals surface area contributed by atoms with Crippen LogP contribution in [0.2, 0.25) is 0 Å². The lowest BCUT2D eigenvalue weighted by atomic mass is 10.2. The van der Waals surface area contributed by atoms with E-state index in [-0.39, 0.29) is 5.60 Å². The highest BCUT2D eigenvalue weighted by Gasteiger charge is 2.12. The zero-order chi connectivity index (χ0) is 10.6. The van der Waals surface area contributed by atoms with Crippen LogP contribution in [0.25, 0.3) is 0 Å². The first-order chi connectivity index (χ1) is 6.51. The van der Waals surface area contributed by atoms with Crippen LogP contribution in [-0.2, 0) is 0 Å². The lowest BCUT2D eigenvalue weighted by Gasteiger charge is -2.20. The fraction of sp³-hybridized carbons (Fsp3) is 0.600. The number of rotatable bonds is 3. The predicted octanol–water partition coefficient (Wildman–Crippen LogP) is 2.09. The molecular weight excluding hydrogens is 178 g/mol. The fourth-order valence-electron chi connectivity index (χ4n) is 0.987. The highest BCUT2D eigenvalue weighted by molar-refractivity contribution is 5.36. The molecule has 14 heavy (non-hydrogen) atoms. The maximum Gasteiger partial charge on any atom is 0.218 e. The second-order valence-electron chi connectivity index (χ2n) is 3.99. The third-order valence-electron chi connectivity index (χ3n) is 1.41. The van der Waals surface area contributed by atoms with E-state index in [0.29, 0.717) is 5.88 Å². The van der Waals surface area contributed by atoms with Crippen molar-refractivity contribution in [1.29, 1.82) is 0 Å². The summed E-state index contributed by atoms with van der Waals surface area (Å²) in [4.78, 5) is 8.09. The van der Waals surface area contributed by atoms with Crippen LogP contribution in [0.3, 0.4) is 0 Å². The number of nitrogens with one attached hydrogen (secondary N) is 1. The Bertz CT molecular complexity index is 294. The molecule has 0 bridgehead atoms. The van der Waals surface area contributed by atoms with Gasteiger partial charge < -0.3 is 10.1 Å². The van der Waals surface area contributed by atoms with Crippen LogP contribution in [0, 0.1) is 0 Å². The summed E-state index contributed by atoms with van der Waals surface area (Å²) in [6.07, 6.45) is 1.50. The van der Waals surface area contributed by atoms with Crippen LogP contribution in [0.4, 0.5) is 5.82 Å². The standard InChI is InChI=1S/C10H17N3O/c1-5-11-8-6-9(13-7-12-8)14-10(2,3)4/h6-7H,5H2,1-4H3,(H,11,12,13). The van der Waals surface area contributed by atoms with Crippen molar-refractivity contribution in [2.75, 3.05) is 11.9 Å². The van der Waals surface area contributed by atoms with E-state index < -0.39 is 0 Å². The molecule has 0 spiro atoms. The van der Waals surface area contributed by atoms with E-state index in [4.69, 9.17) is 4.74 Å². The lowest BCUT2D eigenvalue weighted by molar-refractivity contribution is 0.124. The summed E-state index contributed by atoms with van der Waals surface area (Å²) in [5.74, 6) is 1.39. The van der Waals surface area contributed by atoms with Gasteiger partial charge in [0.15, 0.2) is 0 Å². The van der Waals surface area contributed by atoms with Gasteiger partial charge in [-0.15, -0.1) is 0 Å². The summed E-state index contributed by atoms with van der Waals surface area (Å²) in [7, 11) is 0. The minimum atomic E-state index is -0.224. The average Bonchev–Trinajstić information content (AvgIpc) is 2.02. The molecule has 0 amide bonds. The first-order valence-electron chi connectivity index (χ1n) is 4.76. The first kappa shape index (κ1) is 10.8. The minimum absolute atomic E-state index is 0.224. The molecule has 0 aliphatic carbocycles. The maximum atomic E-state index is 5.60. The number of ether oxygens (including phenoxy) is 1. The van der Waals surface area contributed by atoms with Gasteiger partial charge in [0.05, 0.1) is 0 Å². The Balaban J connectivity index is 2.73. The second-order valence-corrected chi connectivity index (χ2v) is 3.99. The normalized spacial score (nSPS) is 11.1. The van der Waals surface area contributed by atoms with Crippen LogP contribution in [0.5, 0.6) is 5.88 Å². The van der Waals surface area contributed by atoms with Gasteiger partial charge in [0.2, 0.25) is 5.88 Å². The zero-order valence-corrected chi connectivity index (χ0v) is 9.16. The topological polar surface area (TPSA) is 47.0 Å².